The molecule has 0 unspecified atom stereocenters. The van der Waals surface area contributed by atoms with Crippen LogP contribution in [-0.4, -0.2) is 49.3 Å². The number of unbranched alkanes of at least 4 members (excludes halogenated alkanes) is 2. The van der Waals surface area contributed by atoms with Crippen LogP contribution < -0.4 is 15.4 Å². The molecule has 1 aromatic carbocycles. The van der Waals surface area contributed by atoms with E-state index in [-0.39, 0.29) is 13.2 Å². The summed E-state index contributed by atoms with van der Waals surface area (Å²) in [5.41, 5.74) is -0.895. The molecule has 0 fully saturated rings. The number of nitrogens with one attached hydrogen (secondary N) is 2. The van der Waals surface area contributed by atoms with Gasteiger partial charge in [0, 0.05) is 23.5 Å². The zero-order valence-corrected chi connectivity index (χ0v) is 20.7. The lowest BCUT2D eigenvalue weighted by atomic mass is 10.0. The van der Waals surface area contributed by atoms with E-state index in [1.165, 1.54) is 0 Å². The van der Waals surface area contributed by atoms with E-state index in [0.717, 1.165) is 6.07 Å². The Balaban J connectivity index is 3.38. The highest BCUT2D eigenvalue weighted by Crippen LogP contribution is 2.55. The van der Waals surface area contributed by atoms with Crippen molar-refractivity contribution in [1.29, 1.82) is 0 Å². The molecule has 0 heterocycles. The van der Waals surface area contributed by atoms with Crippen molar-refractivity contribution in [3.05, 3.63) is 30.0 Å². The number of allylic oxidation sites excluding steroid dienone is 1. The molecule has 2 N–H and O–H groups in total. The first-order chi connectivity index (χ1) is 18.3. The fraction of sp³-hybridized carbons (Fsp3) is 0.545. The Morgan fingerprint density at radius 3 is 1.52 bits per heavy atom. The lowest BCUT2D eigenvalue weighted by Crippen LogP contribution is -2.61. The molecule has 0 saturated heterocycles. The molecule has 0 aliphatic heterocycles. The monoisotopic (exact) mass is 604 g/mol. The van der Waals surface area contributed by atoms with Crippen molar-refractivity contribution in [3.63, 3.8) is 0 Å². The second kappa shape index (κ2) is 13.7. The number of halogens is 11. The summed E-state index contributed by atoms with van der Waals surface area (Å²) in [6.07, 6.45) is -7.41. The molecule has 1 aromatic rings. The van der Waals surface area contributed by atoms with E-state index in [4.69, 9.17) is 9.47 Å². The summed E-state index contributed by atoms with van der Waals surface area (Å²) in [4.78, 5) is 23.8. The largest absolute Gasteiger partial charge is 0.460 e. The Kier molecular flexibility index (Phi) is 11.9. The van der Waals surface area contributed by atoms with Gasteiger partial charge in [0.15, 0.2) is 0 Å². The molecule has 0 aliphatic carbocycles. The van der Waals surface area contributed by atoms with Gasteiger partial charge in [-0.3, -0.25) is 10.6 Å². The maximum Gasteiger partial charge on any atom is 0.460 e. The van der Waals surface area contributed by atoms with Gasteiger partial charge in [-0.2, -0.15) is 48.3 Å². The van der Waals surface area contributed by atoms with Gasteiger partial charge in [-0.05, 0) is 18.9 Å². The van der Waals surface area contributed by atoms with Gasteiger partial charge in [-0.1, -0.05) is 26.7 Å². The van der Waals surface area contributed by atoms with Crippen LogP contribution in [0.3, 0.4) is 0 Å². The molecular formula is C22H23F11N2O5. The smallest absolute Gasteiger partial charge is 0.449 e. The standard InChI is InChI=1S/C22H23F11N2O5/c1-3-5-7-38-17(36)34-12-9-13(35-18(37)39-8-6-4-2)11-14(10-12)40-16(24)15(23)19(25,26)20(27,28)21(29,30)22(31,32)33/h9-11H,3-8H2,1-2H3,(H,34,36)(H,35,37). The average Bonchev–Trinajstić information content (AvgIpc) is 2.82. The summed E-state index contributed by atoms with van der Waals surface area (Å²) in [5, 5.41) is 4.09. The summed E-state index contributed by atoms with van der Waals surface area (Å²) in [5.74, 6) is -27.3. The second-order valence-corrected chi connectivity index (χ2v) is 7.89. The van der Waals surface area contributed by atoms with Gasteiger partial charge < -0.3 is 14.2 Å². The van der Waals surface area contributed by atoms with Crippen molar-refractivity contribution >= 4 is 23.6 Å². The van der Waals surface area contributed by atoms with Crippen LogP contribution in [0.1, 0.15) is 39.5 Å². The van der Waals surface area contributed by atoms with E-state index < -0.39 is 65.1 Å². The van der Waals surface area contributed by atoms with Crippen molar-refractivity contribution in [2.75, 3.05) is 23.8 Å². The van der Waals surface area contributed by atoms with Gasteiger partial charge in [0.1, 0.15) is 5.75 Å². The highest BCUT2D eigenvalue weighted by molar-refractivity contribution is 5.89. The molecule has 228 valence electrons. The minimum absolute atomic E-state index is 0.0676. The molecular weight excluding hydrogens is 581 g/mol. The normalized spacial score (nSPS) is 13.3. The quantitative estimate of drug-likeness (QED) is 0.134. The number of amides is 2. The van der Waals surface area contributed by atoms with Gasteiger partial charge in [0.2, 0.25) is 5.83 Å². The van der Waals surface area contributed by atoms with E-state index in [1.807, 2.05) is 10.6 Å². The number of carbonyl (C=O) groups excluding carboxylic acids is 2. The molecule has 2 amide bonds. The minimum atomic E-state index is -7.50. The molecule has 7 nitrogen and oxygen atoms in total. The number of benzene rings is 1. The SMILES string of the molecule is CCCCOC(=O)Nc1cc(NC(=O)OCCCC)cc(OC(F)=C(F)C(F)(F)C(F)(F)C(F)(F)C(F)(F)F)c1. The zero-order valence-electron chi connectivity index (χ0n) is 20.7. The van der Waals surface area contributed by atoms with Gasteiger partial charge in [-0.25, -0.2) is 9.59 Å². The van der Waals surface area contributed by atoms with Crippen molar-refractivity contribution in [1.82, 2.24) is 0 Å². The third-order valence-electron chi connectivity index (χ3n) is 4.66. The molecule has 40 heavy (non-hydrogen) atoms. The number of ether oxygens (including phenoxy) is 3. The van der Waals surface area contributed by atoms with E-state index in [0.29, 0.717) is 37.8 Å². The van der Waals surface area contributed by atoms with Gasteiger partial charge >= 0.3 is 42.1 Å². The summed E-state index contributed by atoms with van der Waals surface area (Å²) >= 11 is 0. The number of carbonyl (C=O) groups is 2. The average molecular weight is 604 g/mol. The maximum atomic E-state index is 14.1. The lowest BCUT2D eigenvalue weighted by molar-refractivity contribution is -0.392. The second-order valence-electron chi connectivity index (χ2n) is 7.89. The topological polar surface area (TPSA) is 85.9 Å². The van der Waals surface area contributed by atoms with Crippen LogP contribution in [0.2, 0.25) is 0 Å². The van der Waals surface area contributed by atoms with Crippen molar-refractivity contribution < 1.29 is 72.1 Å². The Morgan fingerprint density at radius 2 is 1.15 bits per heavy atom. The fourth-order valence-corrected chi connectivity index (χ4v) is 2.51. The highest BCUT2D eigenvalue weighted by Gasteiger charge is 2.83. The number of hydrogen-bond donors (Lipinski definition) is 2. The minimum Gasteiger partial charge on any atom is -0.449 e. The molecule has 1 rings (SSSR count). The summed E-state index contributed by atoms with van der Waals surface area (Å²) in [6, 6.07) is -1.27. The fourth-order valence-electron chi connectivity index (χ4n) is 2.51. The van der Waals surface area contributed by atoms with Crippen molar-refractivity contribution in [2.45, 2.75) is 63.5 Å². The third-order valence-corrected chi connectivity index (χ3v) is 4.66. The van der Waals surface area contributed by atoms with Crippen molar-refractivity contribution in [2.24, 2.45) is 0 Å². The van der Waals surface area contributed by atoms with Gasteiger partial charge in [0.05, 0.1) is 13.2 Å². The molecule has 18 heteroatoms. The first kappa shape index (κ1) is 34.6. The Bertz CT molecular complexity index is 1020. The number of alkyl halides is 9. The van der Waals surface area contributed by atoms with Crippen LogP contribution in [0.25, 0.3) is 0 Å². The van der Waals surface area contributed by atoms with Crippen LogP contribution in [0, 0.1) is 0 Å². The van der Waals surface area contributed by atoms with Crippen LogP contribution >= 0.6 is 0 Å². The number of anilines is 2. The molecule has 0 atom stereocenters. The van der Waals surface area contributed by atoms with Gasteiger partial charge in [-0.15, -0.1) is 0 Å². The Hall–Kier alpha value is -3.47. The lowest BCUT2D eigenvalue weighted by Gasteiger charge is -2.32. The summed E-state index contributed by atoms with van der Waals surface area (Å²) < 4.78 is 159. The Labute approximate surface area is 219 Å². The molecule has 0 spiro atoms. The Morgan fingerprint density at radius 1 is 0.725 bits per heavy atom. The third kappa shape index (κ3) is 8.51. The molecule has 0 aromatic heterocycles. The van der Waals surface area contributed by atoms with Crippen LogP contribution in [0.5, 0.6) is 5.75 Å². The highest BCUT2D eigenvalue weighted by atomic mass is 19.4. The first-order valence-corrected chi connectivity index (χ1v) is 11.3. The van der Waals surface area contributed by atoms with Crippen LogP contribution in [0.15, 0.2) is 30.0 Å². The van der Waals surface area contributed by atoms with Crippen LogP contribution in [0.4, 0.5) is 69.3 Å². The van der Waals surface area contributed by atoms with E-state index in [9.17, 15) is 57.9 Å². The molecule has 0 saturated carbocycles. The first-order valence-electron chi connectivity index (χ1n) is 11.3. The van der Waals surface area contributed by atoms with E-state index >= 15 is 0 Å². The maximum absolute atomic E-state index is 14.1. The molecule has 0 bridgehead atoms. The van der Waals surface area contributed by atoms with E-state index in [1.54, 1.807) is 13.8 Å². The molecule has 0 radical (unpaired) electrons. The van der Waals surface area contributed by atoms with Gasteiger partial charge in [0.25, 0.3) is 0 Å². The summed E-state index contributed by atoms with van der Waals surface area (Å²) in [7, 11) is 0. The van der Waals surface area contributed by atoms with Crippen molar-refractivity contribution in [3.8, 4) is 5.75 Å². The molecule has 0 aliphatic rings. The van der Waals surface area contributed by atoms with E-state index in [2.05, 4.69) is 4.74 Å². The predicted molar refractivity (Wildman–Crippen MR) is 117 cm³/mol. The number of rotatable bonds is 13. The predicted octanol–water partition coefficient (Wildman–Crippen LogP) is 8.34. The summed E-state index contributed by atoms with van der Waals surface area (Å²) in [6.45, 7) is 3.40. The zero-order chi connectivity index (χ0) is 30.9. The number of hydrogen-bond acceptors (Lipinski definition) is 5. The van der Waals surface area contributed by atoms with Crippen LogP contribution in [-0.2, 0) is 9.47 Å².